The number of nitrogens with one attached hydrogen (secondary N) is 1. The molecule has 2 heterocycles. The lowest BCUT2D eigenvalue weighted by Crippen LogP contribution is -2.41. The number of carbonyl (C=O) groups is 1. The second-order valence-electron chi connectivity index (χ2n) is 5.34. The van der Waals surface area contributed by atoms with Crippen molar-refractivity contribution in [2.24, 2.45) is 5.92 Å². The number of rotatable bonds is 4. The van der Waals surface area contributed by atoms with Crippen molar-refractivity contribution >= 4 is 11.6 Å². The molecular formula is C14H20N4O2. The van der Waals surface area contributed by atoms with Gasteiger partial charge in [-0.15, -0.1) is 0 Å². The fraction of sp³-hybridized carbons (Fsp3) is 0.500. The Morgan fingerprint density at radius 2 is 2.15 bits per heavy atom. The van der Waals surface area contributed by atoms with E-state index in [-0.39, 0.29) is 24.5 Å². The minimum Gasteiger partial charge on any atom is -0.394 e. The summed E-state index contributed by atoms with van der Waals surface area (Å²) >= 11 is 0. The zero-order valence-electron chi connectivity index (χ0n) is 12.2. The Hall–Kier alpha value is -1.95. The van der Waals surface area contributed by atoms with Gasteiger partial charge in [-0.3, -0.25) is 4.79 Å². The number of hydrogen-bond donors (Lipinski definition) is 2. The zero-order valence-corrected chi connectivity index (χ0v) is 12.2. The summed E-state index contributed by atoms with van der Waals surface area (Å²) in [6.07, 6.45) is 1.51. The largest absolute Gasteiger partial charge is 0.394 e. The third kappa shape index (κ3) is 2.65. The number of aliphatic hydroxyl groups is 1. The van der Waals surface area contributed by atoms with E-state index in [0.29, 0.717) is 11.2 Å². The van der Waals surface area contributed by atoms with Crippen molar-refractivity contribution in [2.75, 3.05) is 6.61 Å². The minimum absolute atomic E-state index is 0.0892. The highest BCUT2D eigenvalue weighted by Gasteiger charge is 2.20. The molecule has 0 aromatic carbocycles. The number of aliphatic hydroxyl groups excluding tert-OH is 1. The van der Waals surface area contributed by atoms with Crippen molar-refractivity contribution < 1.29 is 9.90 Å². The van der Waals surface area contributed by atoms with E-state index in [4.69, 9.17) is 0 Å². The SMILES string of the molecule is Cc1cc(C)n2ncc(C(=O)NC(CO)C(C)C)c2n1. The summed E-state index contributed by atoms with van der Waals surface area (Å²) in [5.41, 5.74) is 2.73. The summed E-state index contributed by atoms with van der Waals surface area (Å²) in [5, 5.41) is 16.3. The molecule has 1 unspecified atom stereocenters. The summed E-state index contributed by atoms with van der Waals surface area (Å²) in [6.45, 7) is 7.61. The van der Waals surface area contributed by atoms with Crippen molar-refractivity contribution in [3.05, 3.63) is 29.2 Å². The average molecular weight is 276 g/mol. The van der Waals surface area contributed by atoms with Gasteiger partial charge in [-0.2, -0.15) is 5.10 Å². The number of amides is 1. The molecule has 0 aliphatic rings. The Morgan fingerprint density at radius 1 is 1.45 bits per heavy atom. The van der Waals surface area contributed by atoms with Crippen molar-refractivity contribution in [1.82, 2.24) is 19.9 Å². The quantitative estimate of drug-likeness (QED) is 0.876. The van der Waals surface area contributed by atoms with Gasteiger partial charge in [0.15, 0.2) is 5.65 Å². The smallest absolute Gasteiger partial charge is 0.257 e. The lowest BCUT2D eigenvalue weighted by atomic mass is 10.1. The maximum Gasteiger partial charge on any atom is 0.257 e. The molecule has 1 atom stereocenters. The molecule has 2 aromatic heterocycles. The number of hydrogen-bond acceptors (Lipinski definition) is 4. The Morgan fingerprint density at radius 3 is 2.75 bits per heavy atom. The Bertz CT molecular complexity index is 633. The third-order valence-corrected chi connectivity index (χ3v) is 3.34. The molecule has 0 saturated carbocycles. The van der Waals surface area contributed by atoms with Gasteiger partial charge >= 0.3 is 0 Å². The summed E-state index contributed by atoms with van der Waals surface area (Å²) in [7, 11) is 0. The molecule has 0 saturated heterocycles. The molecule has 0 spiro atoms. The van der Waals surface area contributed by atoms with E-state index in [1.54, 1.807) is 4.52 Å². The molecule has 20 heavy (non-hydrogen) atoms. The first-order valence-corrected chi connectivity index (χ1v) is 6.67. The van der Waals surface area contributed by atoms with E-state index in [1.807, 2.05) is 33.8 Å². The van der Waals surface area contributed by atoms with E-state index in [9.17, 15) is 9.90 Å². The number of nitrogens with zero attached hydrogens (tertiary/aromatic N) is 3. The first-order chi connectivity index (χ1) is 9.43. The fourth-order valence-corrected chi connectivity index (χ4v) is 2.10. The fourth-order valence-electron chi connectivity index (χ4n) is 2.10. The summed E-state index contributed by atoms with van der Waals surface area (Å²) in [4.78, 5) is 16.7. The topological polar surface area (TPSA) is 79.5 Å². The highest BCUT2D eigenvalue weighted by atomic mass is 16.3. The van der Waals surface area contributed by atoms with Crippen LogP contribution >= 0.6 is 0 Å². The van der Waals surface area contributed by atoms with Crippen LogP contribution in [0.3, 0.4) is 0 Å². The first kappa shape index (κ1) is 14.5. The molecule has 0 fully saturated rings. The summed E-state index contributed by atoms with van der Waals surface area (Å²) < 4.78 is 1.64. The molecule has 0 aliphatic heterocycles. The second kappa shape index (κ2) is 5.58. The predicted molar refractivity (Wildman–Crippen MR) is 75.6 cm³/mol. The van der Waals surface area contributed by atoms with Crippen LogP contribution in [0.25, 0.3) is 5.65 Å². The predicted octanol–water partition coefficient (Wildman–Crippen LogP) is 1.09. The van der Waals surface area contributed by atoms with Crippen LogP contribution in [0.4, 0.5) is 0 Å². The standard InChI is InChI=1S/C14H20N4O2/c1-8(2)12(7-19)17-14(20)11-6-15-18-10(4)5-9(3)16-13(11)18/h5-6,8,12,19H,7H2,1-4H3,(H,17,20). The normalized spacial score (nSPS) is 12.9. The van der Waals surface area contributed by atoms with E-state index >= 15 is 0 Å². The van der Waals surface area contributed by atoms with Crippen molar-refractivity contribution in [3.63, 3.8) is 0 Å². The van der Waals surface area contributed by atoms with Gasteiger partial charge in [-0.25, -0.2) is 9.50 Å². The lowest BCUT2D eigenvalue weighted by Gasteiger charge is -2.19. The van der Waals surface area contributed by atoms with Crippen molar-refractivity contribution in [2.45, 2.75) is 33.7 Å². The molecule has 2 N–H and O–H groups in total. The number of fused-ring (bicyclic) bond motifs is 1. The maximum atomic E-state index is 12.3. The number of aromatic nitrogens is 3. The van der Waals surface area contributed by atoms with Crippen LogP contribution in [0.2, 0.25) is 0 Å². The first-order valence-electron chi connectivity index (χ1n) is 6.67. The number of aryl methyl sites for hydroxylation is 2. The molecular weight excluding hydrogens is 256 g/mol. The van der Waals surface area contributed by atoms with Gasteiger partial charge in [-0.1, -0.05) is 13.8 Å². The second-order valence-corrected chi connectivity index (χ2v) is 5.34. The van der Waals surface area contributed by atoms with E-state index in [2.05, 4.69) is 15.4 Å². The summed E-state index contributed by atoms with van der Waals surface area (Å²) in [5.74, 6) is -0.104. The van der Waals surface area contributed by atoms with Crippen LogP contribution in [0.15, 0.2) is 12.3 Å². The molecule has 0 aliphatic carbocycles. The van der Waals surface area contributed by atoms with Gasteiger partial charge in [0.05, 0.1) is 18.8 Å². The van der Waals surface area contributed by atoms with Crippen LogP contribution in [-0.2, 0) is 0 Å². The van der Waals surface area contributed by atoms with Gasteiger partial charge < -0.3 is 10.4 Å². The Balaban J connectivity index is 2.36. The Kier molecular flexibility index (Phi) is 4.04. The monoisotopic (exact) mass is 276 g/mol. The van der Waals surface area contributed by atoms with Crippen LogP contribution < -0.4 is 5.32 Å². The van der Waals surface area contributed by atoms with Crippen LogP contribution in [0.1, 0.15) is 35.6 Å². The van der Waals surface area contributed by atoms with E-state index in [0.717, 1.165) is 11.4 Å². The Labute approximate surface area is 117 Å². The molecule has 6 nitrogen and oxygen atoms in total. The van der Waals surface area contributed by atoms with E-state index in [1.165, 1.54) is 6.20 Å². The van der Waals surface area contributed by atoms with Gasteiger partial charge in [0.1, 0.15) is 5.56 Å². The molecule has 0 bridgehead atoms. The maximum absolute atomic E-state index is 12.3. The highest BCUT2D eigenvalue weighted by molar-refractivity contribution is 5.99. The molecule has 2 aromatic rings. The van der Waals surface area contributed by atoms with E-state index < -0.39 is 0 Å². The van der Waals surface area contributed by atoms with Crippen LogP contribution in [0.5, 0.6) is 0 Å². The zero-order chi connectivity index (χ0) is 14.9. The average Bonchev–Trinajstić information content (AvgIpc) is 2.79. The molecule has 0 radical (unpaired) electrons. The highest BCUT2D eigenvalue weighted by Crippen LogP contribution is 2.12. The van der Waals surface area contributed by atoms with Gasteiger partial charge in [0.2, 0.25) is 0 Å². The molecule has 1 amide bonds. The molecule has 6 heteroatoms. The van der Waals surface area contributed by atoms with Crippen molar-refractivity contribution in [1.29, 1.82) is 0 Å². The molecule has 2 rings (SSSR count). The lowest BCUT2D eigenvalue weighted by molar-refractivity contribution is 0.0898. The summed E-state index contributed by atoms with van der Waals surface area (Å²) in [6, 6.07) is 1.63. The van der Waals surface area contributed by atoms with Crippen LogP contribution in [0, 0.1) is 19.8 Å². The third-order valence-electron chi connectivity index (χ3n) is 3.34. The van der Waals surface area contributed by atoms with Crippen molar-refractivity contribution in [3.8, 4) is 0 Å². The number of carbonyl (C=O) groups excluding carboxylic acids is 1. The van der Waals surface area contributed by atoms with Gasteiger partial charge in [0.25, 0.3) is 5.91 Å². The van der Waals surface area contributed by atoms with Gasteiger partial charge in [0, 0.05) is 11.4 Å². The van der Waals surface area contributed by atoms with Crippen LogP contribution in [-0.4, -0.2) is 38.3 Å². The molecule has 108 valence electrons. The van der Waals surface area contributed by atoms with Gasteiger partial charge in [-0.05, 0) is 25.8 Å². The minimum atomic E-state index is -0.275.